The number of rotatable bonds is 5. The number of nitrogens with one attached hydrogen (secondary N) is 1. The monoisotopic (exact) mass is 416 g/mol. The maximum atomic E-state index is 13.7. The molecule has 0 saturated carbocycles. The highest BCUT2D eigenvalue weighted by molar-refractivity contribution is 6.39. The van der Waals surface area contributed by atoms with E-state index in [0.717, 1.165) is 4.90 Å². The zero-order chi connectivity index (χ0) is 21.8. The first-order valence-electron chi connectivity index (χ1n) is 9.46. The molecule has 1 fully saturated rings. The molecule has 0 aliphatic carbocycles. The molecular formula is C24H17FN2O4. The topological polar surface area (TPSA) is 75.7 Å². The minimum Gasteiger partial charge on any atom is -0.489 e. The molecule has 4 amide bonds. The summed E-state index contributed by atoms with van der Waals surface area (Å²) in [6, 6.07) is 20.5. The lowest BCUT2D eigenvalue weighted by molar-refractivity contribution is -0.122. The number of carbonyl (C=O) groups excluding carboxylic acids is 3. The van der Waals surface area contributed by atoms with E-state index in [-0.39, 0.29) is 18.0 Å². The van der Waals surface area contributed by atoms with Gasteiger partial charge in [0, 0.05) is 5.56 Å². The van der Waals surface area contributed by atoms with Crippen LogP contribution in [-0.4, -0.2) is 17.8 Å². The fourth-order valence-corrected chi connectivity index (χ4v) is 3.07. The van der Waals surface area contributed by atoms with Gasteiger partial charge in [-0.3, -0.25) is 14.9 Å². The molecule has 0 aromatic heterocycles. The fourth-order valence-electron chi connectivity index (χ4n) is 3.07. The number of nitrogens with zero attached hydrogens (tertiary/aromatic N) is 1. The van der Waals surface area contributed by atoms with Gasteiger partial charge in [0.15, 0.2) is 0 Å². The highest BCUT2D eigenvalue weighted by Crippen LogP contribution is 2.22. The maximum absolute atomic E-state index is 13.7. The van der Waals surface area contributed by atoms with E-state index in [1.54, 1.807) is 72.8 Å². The third-order valence-corrected chi connectivity index (χ3v) is 4.66. The van der Waals surface area contributed by atoms with Crippen molar-refractivity contribution in [2.24, 2.45) is 0 Å². The van der Waals surface area contributed by atoms with Crippen molar-refractivity contribution in [2.75, 3.05) is 4.90 Å². The highest BCUT2D eigenvalue weighted by atomic mass is 19.1. The summed E-state index contributed by atoms with van der Waals surface area (Å²) >= 11 is 0. The van der Waals surface area contributed by atoms with Crippen LogP contribution in [0.25, 0.3) is 6.08 Å². The molecule has 1 aliphatic rings. The second-order valence-electron chi connectivity index (χ2n) is 6.74. The van der Waals surface area contributed by atoms with Crippen molar-refractivity contribution < 1.29 is 23.5 Å². The number of ether oxygens (including phenoxy) is 1. The van der Waals surface area contributed by atoms with Gasteiger partial charge in [-0.2, -0.15) is 0 Å². The molecule has 0 atom stereocenters. The molecule has 6 nitrogen and oxygen atoms in total. The lowest BCUT2D eigenvalue weighted by atomic mass is 10.1. The lowest BCUT2D eigenvalue weighted by Gasteiger charge is -2.26. The smallest absolute Gasteiger partial charge is 0.335 e. The molecule has 0 unspecified atom stereocenters. The van der Waals surface area contributed by atoms with E-state index in [0.29, 0.717) is 22.6 Å². The second-order valence-corrected chi connectivity index (χ2v) is 6.74. The van der Waals surface area contributed by atoms with Crippen LogP contribution in [-0.2, 0) is 16.2 Å². The first kappa shape index (κ1) is 20.0. The van der Waals surface area contributed by atoms with Gasteiger partial charge in [0.2, 0.25) is 0 Å². The summed E-state index contributed by atoms with van der Waals surface area (Å²) in [6.45, 7) is 0.0716. The van der Waals surface area contributed by atoms with E-state index >= 15 is 0 Å². The van der Waals surface area contributed by atoms with E-state index in [4.69, 9.17) is 4.74 Å². The third kappa shape index (κ3) is 4.35. The molecule has 1 heterocycles. The molecule has 3 aromatic rings. The Balaban J connectivity index is 1.52. The largest absolute Gasteiger partial charge is 0.489 e. The molecule has 1 N–H and O–H groups in total. The molecule has 1 aliphatic heterocycles. The van der Waals surface area contributed by atoms with Gasteiger partial charge in [-0.1, -0.05) is 48.5 Å². The third-order valence-electron chi connectivity index (χ3n) is 4.66. The molecule has 154 valence electrons. The van der Waals surface area contributed by atoms with Crippen molar-refractivity contribution in [1.29, 1.82) is 0 Å². The minimum atomic E-state index is -0.796. The molecule has 4 rings (SSSR count). The number of imide groups is 2. The van der Waals surface area contributed by atoms with Crippen molar-refractivity contribution in [2.45, 2.75) is 6.61 Å². The van der Waals surface area contributed by atoms with Crippen molar-refractivity contribution >= 4 is 29.6 Å². The molecule has 7 heteroatoms. The second kappa shape index (κ2) is 8.62. The molecule has 0 spiro atoms. The van der Waals surface area contributed by atoms with Gasteiger partial charge in [0.1, 0.15) is 23.7 Å². The Labute approximate surface area is 177 Å². The molecule has 0 radical (unpaired) electrons. The van der Waals surface area contributed by atoms with E-state index in [1.165, 1.54) is 12.1 Å². The van der Waals surface area contributed by atoms with Crippen molar-refractivity contribution in [3.8, 4) is 5.75 Å². The molecule has 31 heavy (non-hydrogen) atoms. The summed E-state index contributed by atoms with van der Waals surface area (Å²) in [4.78, 5) is 38.2. The summed E-state index contributed by atoms with van der Waals surface area (Å²) < 4.78 is 19.3. The quantitative estimate of drug-likeness (QED) is 0.503. The number of hydrogen-bond acceptors (Lipinski definition) is 4. The van der Waals surface area contributed by atoms with Gasteiger partial charge in [-0.05, 0) is 42.0 Å². The average molecular weight is 416 g/mol. The van der Waals surface area contributed by atoms with Crippen LogP contribution in [0.2, 0.25) is 0 Å². The minimum absolute atomic E-state index is 0.0716. The van der Waals surface area contributed by atoms with Gasteiger partial charge < -0.3 is 4.74 Å². The zero-order valence-corrected chi connectivity index (χ0v) is 16.2. The van der Waals surface area contributed by atoms with Crippen molar-refractivity contribution in [1.82, 2.24) is 5.32 Å². The van der Waals surface area contributed by atoms with E-state index in [9.17, 15) is 18.8 Å². The summed E-state index contributed by atoms with van der Waals surface area (Å²) in [7, 11) is 0. The molecule has 3 aromatic carbocycles. The van der Waals surface area contributed by atoms with Crippen LogP contribution < -0.4 is 15.0 Å². The Kier molecular flexibility index (Phi) is 5.57. The maximum Gasteiger partial charge on any atom is 0.335 e. The number of urea groups is 1. The molecular weight excluding hydrogens is 399 g/mol. The highest BCUT2D eigenvalue weighted by Gasteiger charge is 2.36. The van der Waals surface area contributed by atoms with Crippen LogP contribution in [0.5, 0.6) is 5.75 Å². The SMILES string of the molecule is O=C1NC(=O)N(c2ccccc2)C(=O)C1=Cc1ccc(OCc2ccccc2F)cc1. The van der Waals surface area contributed by atoms with Crippen LogP contribution >= 0.6 is 0 Å². The standard InChI is InChI=1S/C24H17FN2O4/c25-21-9-5-4-6-17(21)15-31-19-12-10-16(11-13-19)14-20-22(28)26-24(30)27(23(20)29)18-7-2-1-3-8-18/h1-14H,15H2,(H,26,28,30). The first-order valence-corrected chi connectivity index (χ1v) is 9.46. The lowest BCUT2D eigenvalue weighted by Crippen LogP contribution is -2.54. The predicted octanol–water partition coefficient (Wildman–Crippen LogP) is 4.07. The van der Waals surface area contributed by atoms with Crippen LogP contribution in [0.3, 0.4) is 0 Å². The number of anilines is 1. The average Bonchev–Trinajstić information content (AvgIpc) is 2.77. The molecule has 0 bridgehead atoms. The number of benzene rings is 3. The fraction of sp³-hybridized carbons (Fsp3) is 0.0417. The Morgan fingerprint density at radius 3 is 2.26 bits per heavy atom. The van der Waals surface area contributed by atoms with E-state index < -0.39 is 17.8 Å². The van der Waals surface area contributed by atoms with Gasteiger partial charge >= 0.3 is 6.03 Å². The van der Waals surface area contributed by atoms with Crippen LogP contribution in [0, 0.1) is 5.82 Å². The summed E-state index contributed by atoms with van der Waals surface area (Å²) in [5.74, 6) is -1.31. The van der Waals surface area contributed by atoms with Gasteiger partial charge in [0.25, 0.3) is 11.8 Å². The van der Waals surface area contributed by atoms with Crippen LogP contribution in [0.4, 0.5) is 14.9 Å². The van der Waals surface area contributed by atoms with Crippen LogP contribution in [0.15, 0.2) is 84.4 Å². The Bertz CT molecular complexity index is 1170. The van der Waals surface area contributed by atoms with Gasteiger partial charge in [-0.15, -0.1) is 0 Å². The molecule has 1 saturated heterocycles. The number of amides is 4. The van der Waals surface area contributed by atoms with E-state index in [1.807, 2.05) is 0 Å². The Morgan fingerprint density at radius 1 is 0.871 bits per heavy atom. The van der Waals surface area contributed by atoms with Crippen molar-refractivity contribution in [3.05, 3.63) is 101 Å². The van der Waals surface area contributed by atoms with E-state index in [2.05, 4.69) is 5.32 Å². The Morgan fingerprint density at radius 2 is 1.55 bits per heavy atom. The number of hydrogen-bond donors (Lipinski definition) is 1. The summed E-state index contributed by atoms with van der Waals surface area (Å²) in [6.07, 6.45) is 1.40. The summed E-state index contributed by atoms with van der Waals surface area (Å²) in [5, 5.41) is 2.18. The number of barbiturate groups is 1. The van der Waals surface area contributed by atoms with Gasteiger partial charge in [0.05, 0.1) is 5.69 Å². The Hall–Kier alpha value is -4.26. The van der Waals surface area contributed by atoms with Crippen molar-refractivity contribution in [3.63, 3.8) is 0 Å². The predicted molar refractivity (Wildman–Crippen MR) is 113 cm³/mol. The number of carbonyl (C=O) groups is 3. The number of para-hydroxylation sites is 1. The number of halogens is 1. The normalized spacial score (nSPS) is 15.2. The first-order chi connectivity index (χ1) is 15.0. The summed E-state index contributed by atoms with van der Waals surface area (Å²) in [5.41, 5.74) is 1.20. The van der Waals surface area contributed by atoms with Gasteiger partial charge in [-0.25, -0.2) is 14.1 Å². The zero-order valence-electron chi connectivity index (χ0n) is 16.2. The van der Waals surface area contributed by atoms with Crippen LogP contribution in [0.1, 0.15) is 11.1 Å².